The van der Waals surface area contributed by atoms with Crippen molar-refractivity contribution in [2.24, 2.45) is 5.73 Å². The second kappa shape index (κ2) is 6.20. The third-order valence-corrected chi connectivity index (χ3v) is 3.25. The maximum absolute atomic E-state index is 13.6. The molecule has 0 saturated heterocycles. The number of halogens is 3. The van der Waals surface area contributed by atoms with E-state index in [-0.39, 0.29) is 17.2 Å². The van der Waals surface area contributed by atoms with Crippen molar-refractivity contribution in [1.29, 1.82) is 0 Å². The maximum atomic E-state index is 13.6. The monoisotopic (exact) mass is 297 g/mol. The molecule has 2 N–H and O–H groups in total. The van der Waals surface area contributed by atoms with Crippen LogP contribution in [0.4, 0.5) is 8.78 Å². The van der Waals surface area contributed by atoms with E-state index in [9.17, 15) is 8.78 Å². The van der Waals surface area contributed by atoms with Gasteiger partial charge < -0.3 is 10.5 Å². The first-order chi connectivity index (χ1) is 9.49. The summed E-state index contributed by atoms with van der Waals surface area (Å²) >= 11 is 5.92. The molecule has 20 heavy (non-hydrogen) atoms. The molecule has 2 aromatic carbocycles. The Morgan fingerprint density at radius 1 is 1.25 bits per heavy atom. The van der Waals surface area contributed by atoms with Crippen LogP contribution in [0, 0.1) is 11.6 Å². The third-order valence-electron chi connectivity index (χ3n) is 2.90. The molecule has 2 rings (SSSR count). The predicted octanol–water partition coefficient (Wildman–Crippen LogP) is 4.22. The quantitative estimate of drug-likeness (QED) is 0.917. The van der Waals surface area contributed by atoms with Crippen LogP contribution in [0.1, 0.15) is 24.1 Å². The first kappa shape index (κ1) is 14.8. The van der Waals surface area contributed by atoms with Crippen LogP contribution in [-0.4, -0.2) is 0 Å². The lowest BCUT2D eigenvalue weighted by Crippen LogP contribution is -2.09. The van der Waals surface area contributed by atoms with Gasteiger partial charge in [-0.15, -0.1) is 0 Å². The number of hydrogen-bond acceptors (Lipinski definition) is 2. The van der Waals surface area contributed by atoms with Crippen molar-refractivity contribution in [2.45, 2.75) is 19.6 Å². The van der Waals surface area contributed by atoms with Gasteiger partial charge in [0, 0.05) is 17.2 Å². The Kier molecular flexibility index (Phi) is 4.57. The highest BCUT2D eigenvalue weighted by molar-refractivity contribution is 6.31. The fourth-order valence-corrected chi connectivity index (χ4v) is 2.04. The van der Waals surface area contributed by atoms with Crippen LogP contribution in [0.15, 0.2) is 36.4 Å². The zero-order chi connectivity index (χ0) is 14.7. The van der Waals surface area contributed by atoms with Gasteiger partial charge in [0.2, 0.25) is 0 Å². The molecule has 106 valence electrons. The first-order valence-electron chi connectivity index (χ1n) is 6.09. The van der Waals surface area contributed by atoms with Gasteiger partial charge in [-0.1, -0.05) is 17.7 Å². The molecule has 1 atom stereocenters. The molecule has 0 amide bonds. The van der Waals surface area contributed by atoms with Crippen molar-refractivity contribution in [1.82, 2.24) is 0 Å². The number of nitrogens with two attached hydrogens (primary N) is 1. The summed E-state index contributed by atoms with van der Waals surface area (Å²) in [5.74, 6) is -0.420. The molecule has 1 unspecified atom stereocenters. The van der Waals surface area contributed by atoms with E-state index in [2.05, 4.69) is 0 Å². The average molecular weight is 298 g/mol. The van der Waals surface area contributed by atoms with E-state index in [1.165, 1.54) is 30.3 Å². The van der Waals surface area contributed by atoms with E-state index in [0.29, 0.717) is 11.3 Å². The van der Waals surface area contributed by atoms with Gasteiger partial charge >= 0.3 is 0 Å². The van der Waals surface area contributed by atoms with Gasteiger partial charge in [0.25, 0.3) is 0 Å². The topological polar surface area (TPSA) is 35.2 Å². The van der Waals surface area contributed by atoms with E-state index < -0.39 is 17.7 Å². The second-order valence-electron chi connectivity index (χ2n) is 4.46. The molecule has 0 fully saturated rings. The minimum Gasteiger partial charge on any atom is -0.488 e. The van der Waals surface area contributed by atoms with Crippen LogP contribution < -0.4 is 10.5 Å². The average Bonchev–Trinajstić information content (AvgIpc) is 2.39. The molecule has 0 saturated carbocycles. The lowest BCUT2D eigenvalue weighted by Gasteiger charge is -2.15. The van der Waals surface area contributed by atoms with E-state index in [0.717, 1.165) is 0 Å². The standard InChI is InChI=1S/C15H14ClF2NO/c1-9(19)11-7-10(17)5-6-15(11)20-8-12-13(16)3-2-4-14(12)18/h2-7,9H,8,19H2,1H3. The molecule has 0 aliphatic rings. The van der Waals surface area contributed by atoms with Crippen LogP contribution >= 0.6 is 11.6 Å². The summed E-state index contributed by atoms with van der Waals surface area (Å²) in [5, 5.41) is 0.287. The molecule has 0 radical (unpaired) electrons. The van der Waals surface area contributed by atoms with E-state index in [1.54, 1.807) is 13.0 Å². The molecule has 5 heteroatoms. The van der Waals surface area contributed by atoms with Crippen LogP contribution in [0.5, 0.6) is 5.75 Å². The Morgan fingerprint density at radius 2 is 2.00 bits per heavy atom. The zero-order valence-corrected chi connectivity index (χ0v) is 11.6. The fraction of sp³-hybridized carbons (Fsp3) is 0.200. The summed E-state index contributed by atoms with van der Waals surface area (Å²) in [6.45, 7) is 1.68. The van der Waals surface area contributed by atoms with E-state index >= 15 is 0 Å². The van der Waals surface area contributed by atoms with Crippen molar-refractivity contribution in [3.8, 4) is 5.75 Å². The van der Waals surface area contributed by atoms with Gasteiger partial charge in [-0.05, 0) is 37.3 Å². The highest BCUT2D eigenvalue weighted by Crippen LogP contribution is 2.27. The normalized spacial score (nSPS) is 12.2. The number of ether oxygens (including phenoxy) is 1. The van der Waals surface area contributed by atoms with Crippen molar-refractivity contribution in [3.63, 3.8) is 0 Å². The van der Waals surface area contributed by atoms with Crippen LogP contribution in [0.3, 0.4) is 0 Å². The number of rotatable bonds is 4. The molecular weight excluding hydrogens is 284 g/mol. The van der Waals surface area contributed by atoms with Crippen molar-refractivity contribution in [3.05, 3.63) is 64.2 Å². The van der Waals surface area contributed by atoms with Crippen molar-refractivity contribution in [2.75, 3.05) is 0 Å². The number of hydrogen-bond donors (Lipinski definition) is 1. The van der Waals surface area contributed by atoms with Gasteiger partial charge in [-0.25, -0.2) is 8.78 Å². The molecule has 0 aliphatic heterocycles. The lowest BCUT2D eigenvalue weighted by molar-refractivity contribution is 0.295. The third kappa shape index (κ3) is 3.26. The molecule has 0 bridgehead atoms. The molecule has 2 nitrogen and oxygen atoms in total. The summed E-state index contributed by atoms with van der Waals surface area (Å²) in [6.07, 6.45) is 0. The van der Waals surface area contributed by atoms with Crippen molar-refractivity contribution < 1.29 is 13.5 Å². The first-order valence-corrected chi connectivity index (χ1v) is 6.47. The van der Waals surface area contributed by atoms with Gasteiger partial charge in [-0.2, -0.15) is 0 Å². The van der Waals surface area contributed by atoms with Gasteiger partial charge in [-0.3, -0.25) is 0 Å². The summed E-state index contributed by atoms with van der Waals surface area (Å²) < 4.78 is 32.4. The molecule has 0 heterocycles. The highest BCUT2D eigenvalue weighted by Gasteiger charge is 2.12. The predicted molar refractivity (Wildman–Crippen MR) is 74.7 cm³/mol. The molecule has 0 aliphatic carbocycles. The van der Waals surface area contributed by atoms with Gasteiger partial charge in [0.15, 0.2) is 0 Å². The van der Waals surface area contributed by atoms with Crippen LogP contribution in [0.25, 0.3) is 0 Å². The van der Waals surface area contributed by atoms with Crippen molar-refractivity contribution >= 4 is 11.6 Å². The largest absolute Gasteiger partial charge is 0.488 e. The van der Waals surface area contributed by atoms with E-state index in [4.69, 9.17) is 22.1 Å². The second-order valence-corrected chi connectivity index (χ2v) is 4.87. The molecule has 0 spiro atoms. The Bertz CT molecular complexity index is 597. The number of benzene rings is 2. The smallest absolute Gasteiger partial charge is 0.131 e. The SMILES string of the molecule is CC(N)c1cc(F)ccc1OCc1c(F)cccc1Cl. The maximum Gasteiger partial charge on any atom is 0.131 e. The Balaban J connectivity index is 2.23. The lowest BCUT2D eigenvalue weighted by atomic mass is 10.1. The Labute approximate surface area is 121 Å². The zero-order valence-electron chi connectivity index (χ0n) is 10.9. The van der Waals surface area contributed by atoms with Crippen LogP contribution in [-0.2, 0) is 6.61 Å². The van der Waals surface area contributed by atoms with Crippen LogP contribution in [0.2, 0.25) is 5.02 Å². The fourth-order valence-electron chi connectivity index (χ4n) is 1.83. The Morgan fingerprint density at radius 3 is 2.65 bits per heavy atom. The minimum absolute atomic E-state index is 0.0448. The van der Waals surface area contributed by atoms with Gasteiger partial charge in [0.05, 0.1) is 5.02 Å². The summed E-state index contributed by atoms with van der Waals surface area (Å²) in [6, 6.07) is 8.07. The van der Waals surface area contributed by atoms with Gasteiger partial charge in [0.1, 0.15) is 24.0 Å². The Hall–Kier alpha value is -1.65. The molecular formula is C15H14ClF2NO. The molecule has 2 aromatic rings. The van der Waals surface area contributed by atoms with E-state index in [1.807, 2.05) is 0 Å². The molecule has 0 aromatic heterocycles. The minimum atomic E-state index is -0.443. The highest BCUT2D eigenvalue weighted by atomic mass is 35.5. The summed E-state index contributed by atoms with van der Waals surface area (Å²) in [4.78, 5) is 0. The summed E-state index contributed by atoms with van der Waals surface area (Å²) in [7, 11) is 0. The summed E-state index contributed by atoms with van der Waals surface area (Å²) in [5.41, 5.74) is 6.55.